The fourth-order valence-corrected chi connectivity index (χ4v) is 4.16. The molecule has 1 aromatic carbocycles. The fourth-order valence-electron chi connectivity index (χ4n) is 4.16. The number of amides is 2. The normalized spacial score (nSPS) is 21.8. The van der Waals surface area contributed by atoms with Crippen molar-refractivity contribution in [1.82, 2.24) is 5.32 Å². The van der Waals surface area contributed by atoms with Crippen LogP contribution >= 0.6 is 0 Å². The number of rotatable bonds is 12. The summed E-state index contributed by atoms with van der Waals surface area (Å²) in [7, 11) is 0. The van der Waals surface area contributed by atoms with Crippen molar-refractivity contribution >= 4 is 35.9 Å². The molecule has 1 aliphatic rings. The van der Waals surface area contributed by atoms with Gasteiger partial charge in [0.05, 0.1) is 17.2 Å². The van der Waals surface area contributed by atoms with E-state index in [2.05, 4.69) is 17.6 Å². The number of carbonyl (C=O) groups excluding carboxylic acids is 5. The molecule has 210 valence electrons. The molecule has 2 amide bonds. The van der Waals surface area contributed by atoms with Crippen molar-refractivity contribution < 1.29 is 43.3 Å². The van der Waals surface area contributed by atoms with E-state index in [1.807, 2.05) is 13.8 Å². The molecule has 1 fully saturated rings. The highest BCUT2D eigenvalue weighted by molar-refractivity contribution is 6.01. The minimum atomic E-state index is -1.39. The lowest BCUT2D eigenvalue weighted by Gasteiger charge is -2.29. The van der Waals surface area contributed by atoms with E-state index in [1.165, 1.54) is 25.1 Å². The molecule has 0 aliphatic carbocycles. The molecular weight excluding hydrogens is 496 g/mol. The number of benzene rings is 1. The number of hydrogen-bond donors (Lipinski definition) is 3. The molecule has 1 aromatic rings. The number of phenols is 1. The van der Waals surface area contributed by atoms with E-state index < -0.39 is 60.3 Å². The van der Waals surface area contributed by atoms with Crippen molar-refractivity contribution in [2.24, 2.45) is 11.8 Å². The maximum atomic E-state index is 13.1. The molecule has 2 rings (SSSR count). The number of hydrogen-bond acceptors (Lipinski definition) is 9. The second kappa shape index (κ2) is 14.9. The molecule has 0 radical (unpaired) electrons. The third-order valence-electron chi connectivity index (χ3n) is 6.15. The van der Waals surface area contributed by atoms with Gasteiger partial charge in [-0.25, -0.2) is 4.79 Å². The van der Waals surface area contributed by atoms with Crippen LogP contribution in [-0.4, -0.2) is 60.2 Å². The second-order valence-corrected chi connectivity index (χ2v) is 9.77. The molecule has 11 nitrogen and oxygen atoms in total. The lowest BCUT2D eigenvalue weighted by Crippen LogP contribution is -2.46. The molecule has 11 heteroatoms. The van der Waals surface area contributed by atoms with Crippen molar-refractivity contribution in [2.45, 2.75) is 84.5 Å². The summed E-state index contributed by atoms with van der Waals surface area (Å²) >= 11 is 0. The number of unbranched alkanes of at least 4 members (excludes halogenated alkanes) is 3. The highest BCUT2D eigenvalue weighted by atomic mass is 16.6. The highest BCUT2D eigenvalue weighted by Crippen LogP contribution is 2.28. The second-order valence-electron chi connectivity index (χ2n) is 9.77. The van der Waals surface area contributed by atoms with E-state index in [0.29, 0.717) is 19.3 Å². The van der Waals surface area contributed by atoms with Crippen LogP contribution in [0, 0.1) is 11.8 Å². The topological polar surface area (TPSA) is 157 Å². The summed E-state index contributed by atoms with van der Waals surface area (Å²) in [6.07, 6.45) is 2.36. The first-order valence-electron chi connectivity index (χ1n) is 13.0. The van der Waals surface area contributed by atoms with Gasteiger partial charge in [0.25, 0.3) is 5.91 Å². The first-order valence-corrected chi connectivity index (χ1v) is 13.0. The quantitative estimate of drug-likeness (QED) is 0.120. The number of nitrogens with one attached hydrogen (secondary N) is 2. The van der Waals surface area contributed by atoms with Gasteiger partial charge in [0.1, 0.15) is 12.7 Å². The predicted molar refractivity (Wildman–Crippen MR) is 137 cm³/mol. The number of ether oxygens (including phenoxy) is 3. The van der Waals surface area contributed by atoms with Crippen molar-refractivity contribution in [2.75, 3.05) is 11.9 Å². The van der Waals surface area contributed by atoms with Crippen LogP contribution in [0.3, 0.4) is 0 Å². The molecule has 0 spiro atoms. The Labute approximate surface area is 222 Å². The number of aromatic hydroxyl groups is 1. The Morgan fingerprint density at radius 2 is 1.92 bits per heavy atom. The molecule has 1 aliphatic heterocycles. The summed E-state index contributed by atoms with van der Waals surface area (Å²) in [6, 6.07) is 2.73. The van der Waals surface area contributed by atoms with E-state index in [4.69, 9.17) is 14.2 Å². The van der Waals surface area contributed by atoms with Crippen LogP contribution in [0.1, 0.15) is 76.6 Å². The summed E-state index contributed by atoms with van der Waals surface area (Å²) < 4.78 is 16.6. The molecule has 38 heavy (non-hydrogen) atoms. The number of cyclic esters (lactones) is 2. The van der Waals surface area contributed by atoms with E-state index in [9.17, 15) is 29.1 Å². The zero-order valence-corrected chi connectivity index (χ0v) is 22.4. The Kier molecular flexibility index (Phi) is 12.0. The average molecular weight is 535 g/mol. The van der Waals surface area contributed by atoms with Crippen molar-refractivity contribution in [3.8, 4) is 5.75 Å². The van der Waals surface area contributed by atoms with Crippen molar-refractivity contribution in [3.63, 3.8) is 0 Å². The van der Waals surface area contributed by atoms with Crippen LogP contribution in [0.2, 0.25) is 0 Å². The minimum absolute atomic E-state index is 0.00159. The summed E-state index contributed by atoms with van der Waals surface area (Å²) in [5.74, 6) is -4.23. The van der Waals surface area contributed by atoms with Gasteiger partial charge in [-0.05, 0) is 31.4 Å². The van der Waals surface area contributed by atoms with E-state index in [0.717, 1.165) is 19.3 Å². The fraction of sp³-hybridized carbons (Fsp3) is 0.593. The lowest BCUT2D eigenvalue weighted by atomic mass is 9.92. The van der Waals surface area contributed by atoms with Gasteiger partial charge in [-0.2, -0.15) is 0 Å². The number of phenolic OH excluding ortho intramolecular Hbond substituents is 1. The Bertz CT molecular complexity index is 995. The summed E-state index contributed by atoms with van der Waals surface area (Å²) in [4.78, 5) is 62.2. The molecule has 0 saturated carbocycles. The third kappa shape index (κ3) is 8.74. The lowest BCUT2D eigenvalue weighted by molar-refractivity contribution is -0.175. The predicted octanol–water partition coefficient (Wildman–Crippen LogP) is 3.09. The number of esters is 3. The Balaban J connectivity index is 2.26. The van der Waals surface area contributed by atoms with Gasteiger partial charge in [0, 0.05) is 6.42 Å². The van der Waals surface area contributed by atoms with Gasteiger partial charge in [-0.1, -0.05) is 52.5 Å². The van der Waals surface area contributed by atoms with E-state index in [-0.39, 0.29) is 23.6 Å². The van der Waals surface area contributed by atoms with Crippen LogP contribution in [0.25, 0.3) is 0 Å². The summed E-state index contributed by atoms with van der Waals surface area (Å²) in [5.41, 5.74) is -0.208. The van der Waals surface area contributed by atoms with Gasteiger partial charge < -0.3 is 30.0 Å². The third-order valence-corrected chi connectivity index (χ3v) is 6.15. The van der Waals surface area contributed by atoms with E-state index in [1.54, 1.807) is 0 Å². The maximum Gasteiger partial charge on any atom is 0.332 e. The molecule has 0 bridgehead atoms. The van der Waals surface area contributed by atoms with Crippen molar-refractivity contribution in [3.05, 3.63) is 23.8 Å². The summed E-state index contributed by atoms with van der Waals surface area (Å²) in [6.45, 7) is 6.80. The smallest absolute Gasteiger partial charge is 0.332 e. The van der Waals surface area contributed by atoms with Crippen LogP contribution in [-0.2, 0) is 33.4 Å². The Morgan fingerprint density at radius 3 is 2.58 bits per heavy atom. The minimum Gasteiger partial charge on any atom is -0.505 e. The largest absolute Gasteiger partial charge is 0.505 e. The zero-order valence-electron chi connectivity index (χ0n) is 22.4. The van der Waals surface area contributed by atoms with Gasteiger partial charge in [-0.3, -0.25) is 19.2 Å². The van der Waals surface area contributed by atoms with Gasteiger partial charge in [-0.15, -0.1) is 0 Å². The molecule has 3 N–H and O–H groups in total. The highest BCUT2D eigenvalue weighted by Gasteiger charge is 2.41. The van der Waals surface area contributed by atoms with Crippen LogP contribution in [0.15, 0.2) is 18.2 Å². The van der Waals surface area contributed by atoms with Crippen molar-refractivity contribution in [1.29, 1.82) is 0 Å². The number of anilines is 1. The first kappa shape index (κ1) is 30.6. The van der Waals surface area contributed by atoms with Crippen LogP contribution in [0.4, 0.5) is 5.69 Å². The Morgan fingerprint density at radius 1 is 1.18 bits per heavy atom. The summed E-state index contributed by atoms with van der Waals surface area (Å²) in [5, 5.41) is 15.0. The monoisotopic (exact) mass is 534 g/mol. The van der Waals surface area contributed by atoms with E-state index >= 15 is 0 Å². The molecule has 0 unspecified atom stereocenters. The van der Waals surface area contributed by atoms with Gasteiger partial charge >= 0.3 is 17.9 Å². The standard InChI is InChI=1S/C27H38N2O9/c1-5-6-7-8-10-19-24(38-22(31)13-16(2)3)17(4)37-27(35)21(14-36-26(19)34)29-25(33)18-11-9-12-20(23(18)32)28-15-30/h9,11-12,15-17,19,21,24,32H,5-8,10,13-14H2,1-4H3,(H,28,30)(H,29,33)/t17-,19+,21+,24-/m1/s1. The van der Waals surface area contributed by atoms with Gasteiger partial charge in [0.2, 0.25) is 6.41 Å². The number of para-hydroxylation sites is 1. The Hall–Kier alpha value is -3.63. The molecular formula is C27H38N2O9. The SMILES string of the molecule is CCCCCC[C@@H]1C(=O)OC[C@H](NC(=O)c2cccc(NC=O)c2O)C(=O)O[C@H](C)[C@H]1OC(=O)CC(C)C. The van der Waals surface area contributed by atoms with Gasteiger partial charge in [0.15, 0.2) is 17.9 Å². The molecule has 1 heterocycles. The molecule has 0 aromatic heterocycles. The first-order chi connectivity index (χ1) is 18.1. The zero-order chi connectivity index (χ0) is 28.2. The van der Waals surface area contributed by atoms with Crippen LogP contribution < -0.4 is 10.6 Å². The average Bonchev–Trinajstić information content (AvgIpc) is 2.88. The van der Waals surface area contributed by atoms with Crippen LogP contribution in [0.5, 0.6) is 5.75 Å². The number of carbonyl (C=O) groups is 5. The maximum absolute atomic E-state index is 13.1. The molecule has 1 saturated heterocycles. The molecule has 4 atom stereocenters.